The quantitative estimate of drug-likeness (QED) is 0.493. The van der Waals surface area contributed by atoms with Crippen LogP contribution in [-0.2, 0) is 6.54 Å². The maximum Gasteiger partial charge on any atom is 0.184 e. The smallest absolute Gasteiger partial charge is 0.184 e. The predicted molar refractivity (Wildman–Crippen MR) is 82.4 cm³/mol. The van der Waals surface area contributed by atoms with Gasteiger partial charge in [-0.05, 0) is 31.3 Å². The monoisotopic (exact) mass is 302 g/mol. The van der Waals surface area contributed by atoms with Gasteiger partial charge in [0.25, 0.3) is 0 Å². The van der Waals surface area contributed by atoms with Crippen molar-refractivity contribution in [3.63, 3.8) is 0 Å². The first-order valence-electron chi connectivity index (χ1n) is 6.20. The Labute approximate surface area is 127 Å². The Kier molecular flexibility index (Phi) is 4.68. The minimum Gasteiger partial charge on any atom is -0.460 e. The summed E-state index contributed by atoms with van der Waals surface area (Å²) in [7, 11) is 0. The van der Waals surface area contributed by atoms with E-state index in [1.165, 1.54) is 0 Å². The van der Waals surface area contributed by atoms with Gasteiger partial charge in [0.15, 0.2) is 10.9 Å². The van der Waals surface area contributed by atoms with Crippen LogP contribution in [0.3, 0.4) is 0 Å². The Morgan fingerprint density at radius 2 is 2.48 bits per heavy atom. The Bertz CT molecular complexity index is 709. The summed E-state index contributed by atoms with van der Waals surface area (Å²) in [6.45, 7) is 2.36. The minimum absolute atomic E-state index is 0.0820. The summed E-state index contributed by atoms with van der Waals surface area (Å²) < 4.78 is 7.26. The second kappa shape index (κ2) is 6.67. The summed E-state index contributed by atoms with van der Waals surface area (Å²) in [4.78, 5) is 0. The van der Waals surface area contributed by atoms with Crippen molar-refractivity contribution < 1.29 is 4.42 Å². The molecule has 2 rings (SSSR count). The van der Waals surface area contributed by atoms with Gasteiger partial charge in [-0.15, -0.1) is 0 Å². The molecule has 0 radical (unpaired) electrons. The SMILES string of the molecule is Cc1ccc(-c2nn(CCC#N)cc2/C=N\NC(N)=S)o1. The molecule has 0 atom stereocenters. The highest BCUT2D eigenvalue weighted by atomic mass is 32.1. The molecule has 0 saturated heterocycles. The molecule has 0 aliphatic heterocycles. The van der Waals surface area contributed by atoms with Gasteiger partial charge >= 0.3 is 0 Å². The molecule has 3 N–H and O–H groups in total. The number of nitrogens with zero attached hydrogens (tertiary/aromatic N) is 4. The lowest BCUT2D eigenvalue weighted by Crippen LogP contribution is -2.23. The molecule has 7 nitrogen and oxygen atoms in total. The normalized spacial score (nSPS) is 10.7. The fourth-order valence-corrected chi connectivity index (χ4v) is 1.78. The van der Waals surface area contributed by atoms with E-state index in [0.29, 0.717) is 24.4 Å². The van der Waals surface area contributed by atoms with Crippen LogP contribution in [0.25, 0.3) is 11.5 Å². The molecule has 0 aromatic carbocycles. The molecule has 0 bridgehead atoms. The van der Waals surface area contributed by atoms with E-state index in [9.17, 15) is 0 Å². The summed E-state index contributed by atoms with van der Waals surface area (Å²) in [5.74, 6) is 1.43. The molecule has 0 aliphatic rings. The zero-order valence-corrected chi connectivity index (χ0v) is 12.2. The van der Waals surface area contributed by atoms with E-state index in [1.807, 2.05) is 19.1 Å². The number of hydrazone groups is 1. The van der Waals surface area contributed by atoms with Crippen LogP contribution in [0.4, 0.5) is 0 Å². The number of nitrogens with two attached hydrogens (primary N) is 1. The highest BCUT2D eigenvalue weighted by Gasteiger charge is 2.13. The van der Waals surface area contributed by atoms with E-state index in [0.717, 1.165) is 11.3 Å². The van der Waals surface area contributed by atoms with Gasteiger partial charge in [0.1, 0.15) is 11.5 Å². The number of hydrogen-bond acceptors (Lipinski definition) is 5. The van der Waals surface area contributed by atoms with Crippen molar-refractivity contribution in [1.29, 1.82) is 5.26 Å². The minimum atomic E-state index is 0.0820. The highest BCUT2D eigenvalue weighted by molar-refractivity contribution is 7.80. The third-order valence-electron chi connectivity index (χ3n) is 2.59. The number of nitriles is 1. The van der Waals surface area contributed by atoms with Crippen LogP contribution < -0.4 is 11.2 Å². The number of furan rings is 1. The molecule has 0 unspecified atom stereocenters. The van der Waals surface area contributed by atoms with Crippen LogP contribution in [0.1, 0.15) is 17.7 Å². The first-order chi connectivity index (χ1) is 10.1. The number of aromatic nitrogens is 2. The fourth-order valence-electron chi connectivity index (χ4n) is 1.73. The molecular formula is C13H14N6OS. The lowest BCUT2D eigenvalue weighted by molar-refractivity contribution is 0.542. The zero-order valence-electron chi connectivity index (χ0n) is 11.4. The molecule has 21 heavy (non-hydrogen) atoms. The average molecular weight is 302 g/mol. The van der Waals surface area contributed by atoms with E-state index in [2.05, 4.69) is 33.9 Å². The maximum atomic E-state index is 8.65. The van der Waals surface area contributed by atoms with E-state index in [4.69, 9.17) is 15.4 Å². The summed E-state index contributed by atoms with van der Waals surface area (Å²) in [5.41, 5.74) is 9.19. The number of thiocarbonyl (C=S) groups is 1. The Hall–Kier alpha value is -2.66. The van der Waals surface area contributed by atoms with Crippen molar-refractivity contribution in [2.24, 2.45) is 10.8 Å². The van der Waals surface area contributed by atoms with Gasteiger partial charge in [-0.1, -0.05) is 0 Å². The topological polar surface area (TPSA) is 105 Å². The fraction of sp³-hybridized carbons (Fsp3) is 0.231. The molecular weight excluding hydrogens is 288 g/mol. The van der Waals surface area contributed by atoms with Gasteiger partial charge < -0.3 is 10.2 Å². The van der Waals surface area contributed by atoms with Gasteiger partial charge in [0.2, 0.25) is 0 Å². The Morgan fingerprint density at radius 3 is 3.10 bits per heavy atom. The highest BCUT2D eigenvalue weighted by Crippen LogP contribution is 2.23. The molecule has 8 heteroatoms. The molecule has 0 spiro atoms. The van der Waals surface area contributed by atoms with Crippen molar-refractivity contribution in [3.8, 4) is 17.5 Å². The Balaban J connectivity index is 2.31. The molecule has 2 aromatic rings. The van der Waals surface area contributed by atoms with E-state index in [-0.39, 0.29) is 5.11 Å². The van der Waals surface area contributed by atoms with Crippen LogP contribution in [0.15, 0.2) is 27.8 Å². The lowest BCUT2D eigenvalue weighted by Gasteiger charge is -1.95. The molecule has 0 aliphatic carbocycles. The third-order valence-corrected chi connectivity index (χ3v) is 2.69. The number of hydrogen-bond donors (Lipinski definition) is 2. The lowest BCUT2D eigenvalue weighted by atomic mass is 10.2. The van der Waals surface area contributed by atoms with Gasteiger partial charge in [-0.3, -0.25) is 10.1 Å². The molecule has 108 valence electrons. The van der Waals surface area contributed by atoms with Crippen molar-refractivity contribution >= 4 is 23.5 Å². The first-order valence-corrected chi connectivity index (χ1v) is 6.60. The second-order valence-electron chi connectivity index (χ2n) is 4.25. The van der Waals surface area contributed by atoms with Crippen molar-refractivity contribution in [2.75, 3.05) is 0 Å². The molecule has 2 aromatic heterocycles. The summed E-state index contributed by atoms with van der Waals surface area (Å²) >= 11 is 4.68. The summed E-state index contributed by atoms with van der Waals surface area (Å²) in [5, 5.41) is 17.1. The van der Waals surface area contributed by atoms with E-state index in [1.54, 1.807) is 17.1 Å². The zero-order chi connectivity index (χ0) is 15.2. The van der Waals surface area contributed by atoms with E-state index < -0.39 is 0 Å². The largest absolute Gasteiger partial charge is 0.460 e. The molecule has 0 saturated carbocycles. The number of nitrogens with one attached hydrogen (secondary N) is 1. The van der Waals surface area contributed by atoms with Crippen LogP contribution in [0.2, 0.25) is 0 Å². The van der Waals surface area contributed by atoms with Crippen LogP contribution in [0, 0.1) is 18.3 Å². The molecule has 0 amide bonds. The van der Waals surface area contributed by atoms with Gasteiger partial charge in [-0.25, -0.2) is 0 Å². The average Bonchev–Trinajstić information content (AvgIpc) is 3.02. The van der Waals surface area contributed by atoms with Gasteiger partial charge in [0, 0.05) is 11.8 Å². The van der Waals surface area contributed by atoms with Crippen molar-refractivity contribution in [2.45, 2.75) is 19.9 Å². The van der Waals surface area contributed by atoms with Gasteiger partial charge in [0.05, 0.1) is 25.2 Å². The van der Waals surface area contributed by atoms with Crippen LogP contribution in [0.5, 0.6) is 0 Å². The molecule has 2 heterocycles. The standard InChI is InChI=1S/C13H14N6OS/c1-9-3-4-11(20-9)12-10(7-16-17-13(15)21)8-19(18-12)6-2-5-14/h3-4,7-8H,2,6H2,1H3,(H3,15,17,21)/b16-7-. The summed E-state index contributed by atoms with van der Waals surface area (Å²) in [6, 6.07) is 5.78. The summed E-state index contributed by atoms with van der Waals surface area (Å²) in [6.07, 6.45) is 3.72. The van der Waals surface area contributed by atoms with E-state index >= 15 is 0 Å². The second-order valence-corrected chi connectivity index (χ2v) is 4.69. The molecule has 0 fully saturated rings. The Morgan fingerprint density at radius 1 is 1.67 bits per heavy atom. The third kappa shape index (κ3) is 3.90. The van der Waals surface area contributed by atoms with Crippen LogP contribution >= 0.6 is 12.2 Å². The predicted octanol–water partition coefficient (Wildman–Crippen LogP) is 1.53. The number of rotatable bonds is 5. The first kappa shape index (κ1) is 14.7. The van der Waals surface area contributed by atoms with Crippen LogP contribution in [-0.4, -0.2) is 21.1 Å². The van der Waals surface area contributed by atoms with Crippen molar-refractivity contribution in [1.82, 2.24) is 15.2 Å². The van der Waals surface area contributed by atoms with Gasteiger partial charge in [-0.2, -0.15) is 15.5 Å². The number of aryl methyl sites for hydroxylation is 2. The van der Waals surface area contributed by atoms with Crippen molar-refractivity contribution in [3.05, 3.63) is 29.7 Å². The maximum absolute atomic E-state index is 8.65.